The molecule has 7 nitrogen and oxygen atoms in total. The Balaban J connectivity index is 1.37. The van der Waals surface area contributed by atoms with Crippen LogP contribution in [0.15, 0.2) is 67.1 Å². The van der Waals surface area contributed by atoms with Crippen molar-refractivity contribution in [3.8, 4) is 0 Å². The van der Waals surface area contributed by atoms with E-state index in [-0.39, 0.29) is 11.8 Å². The normalized spacial score (nSPS) is 14.2. The molecule has 10 heteroatoms. The maximum absolute atomic E-state index is 12.9. The van der Waals surface area contributed by atoms with E-state index in [2.05, 4.69) is 15.3 Å². The summed E-state index contributed by atoms with van der Waals surface area (Å²) in [6.07, 6.45) is -0.584. The quantitative estimate of drug-likeness (QED) is 0.649. The summed E-state index contributed by atoms with van der Waals surface area (Å²) in [4.78, 5) is 36.6. The number of hydrogen-bond acceptors (Lipinski definition) is 5. The molecule has 170 valence electrons. The maximum atomic E-state index is 12.9. The summed E-state index contributed by atoms with van der Waals surface area (Å²) in [7, 11) is 0. The molecule has 1 aliphatic heterocycles. The van der Waals surface area contributed by atoms with Crippen LogP contribution in [0.5, 0.6) is 0 Å². The molecule has 0 saturated carbocycles. The van der Waals surface area contributed by atoms with Crippen molar-refractivity contribution in [2.45, 2.75) is 6.18 Å². The van der Waals surface area contributed by atoms with E-state index >= 15 is 0 Å². The number of nitrogens with one attached hydrogen (secondary N) is 1. The van der Waals surface area contributed by atoms with Gasteiger partial charge in [0.05, 0.1) is 11.1 Å². The highest BCUT2D eigenvalue weighted by Gasteiger charge is 2.31. The van der Waals surface area contributed by atoms with Gasteiger partial charge in [0.25, 0.3) is 11.8 Å². The first-order chi connectivity index (χ1) is 15.8. The molecule has 2 amide bonds. The summed E-state index contributed by atoms with van der Waals surface area (Å²) in [5, 5.41) is 2.75. The van der Waals surface area contributed by atoms with Gasteiger partial charge in [-0.25, -0.2) is 4.98 Å². The molecule has 1 aliphatic rings. The monoisotopic (exact) mass is 455 g/mol. The van der Waals surface area contributed by atoms with Crippen molar-refractivity contribution < 1.29 is 22.8 Å². The van der Waals surface area contributed by atoms with E-state index in [9.17, 15) is 22.8 Å². The molecule has 1 aromatic carbocycles. The lowest BCUT2D eigenvalue weighted by molar-refractivity contribution is -0.137. The second kappa shape index (κ2) is 9.27. The Morgan fingerprint density at radius 3 is 2.30 bits per heavy atom. The molecular formula is C23H20F3N5O2. The number of piperazine rings is 1. The van der Waals surface area contributed by atoms with Crippen LogP contribution >= 0.6 is 0 Å². The maximum Gasteiger partial charge on any atom is 0.417 e. The zero-order valence-electron chi connectivity index (χ0n) is 17.4. The molecule has 0 spiro atoms. The fourth-order valence-electron chi connectivity index (χ4n) is 3.49. The van der Waals surface area contributed by atoms with Crippen LogP contribution in [-0.4, -0.2) is 52.9 Å². The second-order valence-electron chi connectivity index (χ2n) is 7.46. The minimum atomic E-state index is -4.43. The molecule has 0 atom stereocenters. The van der Waals surface area contributed by atoms with E-state index in [0.29, 0.717) is 48.8 Å². The topological polar surface area (TPSA) is 78.4 Å². The Kier molecular flexibility index (Phi) is 6.25. The number of pyridine rings is 2. The highest BCUT2D eigenvalue weighted by atomic mass is 19.4. The van der Waals surface area contributed by atoms with Gasteiger partial charge in [-0.3, -0.25) is 14.6 Å². The van der Waals surface area contributed by atoms with Gasteiger partial charge in [0, 0.05) is 56.0 Å². The minimum Gasteiger partial charge on any atom is -0.353 e. The van der Waals surface area contributed by atoms with Gasteiger partial charge in [0.15, 0.2) is 0 Å². The van der Waals surface area contributed by atoms with Gasteiger partial charge in [-0.2, -0.15) is 13.2 Å². The minimum absolute atomic E-state index is 0.187. The van der Waals surface area contributed by atoms with Crippen LogP contribution in [0.25, 0.3) is 0 Å². The summed E-state index contributed by atoms with van der Waals surface area (Å²) in [6.45, 7) is 1.69. The number of amides is 2. The molecule has 0 bridgehead atoms. The number of rotatable bonds is 4. The summed E-state index contributed by atoms with van der Waals surface area (Å²) < 4.78 is 38.2. The number of carbonyl (C=O) groups excluding carboxylic acids is 2. The third-order valence-corrected chi connectivity index (χ3v) is 5.26. The van der Waals surface area contributed by atoms with Crippen LogP contribution in [0.1, 0.15) is 26.3 Å². The number of nitrogens with zero attached hydrogens (tertiary/aromatic N) is 4. The van der Waals surface area contributed by atoms with E-state index < -0.39 is 11.7 Å². The van der Waals surface area contributed by atoms with Gasteiger partial charge in [-0.15, -0.1) is 0 Å². The first-order valence-electron chi connectivity index (χ1n) is 10.2. The first-order valence-corrected chi connectivity index (χ1v) is 10.2. The van der Waals surface area contributed by atoms with Crippen LogP contribution in [0.4, 0.5) is 24.7 Å². The number of alkyl halides is 3. The molecule has 3 aromatic rings. The van der Waals surface area contributed by atoms with Gasteiger partial charge in [-0.1, -0.05) is 6.07 Å². The number of halogens is 3. The van der Waals surface area contributed by atoms with E-state index in [1.165, 1.54) is 12.3 Å². The molecule has 0 unspecified atom stereocenters. The average Bonchev–Trinajstić information content (AvgIpc) is 2.84. The van der Waals surface area contributed by atoms with Crippen molar-refractivity contribution in [3.05, 3.63) is 83.8 Å². The van der Waals surface area contributed by atoms with Crippen molar-refractivity contribution >= 4 is 23.3 Å². The fourth-order valence-corrected chi connectivity index (χ4v) is 3.49. The van der Waals surface area contributed by atoms with Crippen LogP contribution in [-0.2, 0) is 6.18 Å². The SMILES string of the molecule is O=C(Nc1cccc(C(=O)N2CCN(c3ccc(C(F)(F)F)cn3)CC2)c1)c1cccnc1. The largest absolute Gasteiger partial charge is 0.417 e. The lowest BCUT2D eigenvalue weighted by Crippen LogP contribution is -2.49. The van der Waals surface area contributed by atoms with Crippen molar-refractivity contribution in [1.82, 2.24) is 14.9 Å². The molecule has 1 N–H and O–H groups in total. The number of aromatic nitrogens is 2. The Labute approximate surface area is 187 Å². The van der Waals surface area contributed by atoms with Crippen molar-refractivity contribution in [1.29, 1.82) is 0 Å². The first kappa shape index (κ1) is 22.3. The average molecular weight is 455 g/mol. The summed E-state index contributed by atoms with van der Waals surface area (Å²) in [5.41, 5.74) is 0.528. The van der Waals surface area contributed by atoms with E-state index in [1.54, 1.807) is 47.5 Å². The van der Waals surface area contributed by atoms with Crippen LogP contribution in [0, 0.1) is 0 Å². The van der Waals surface area contributed by atoms with Crippen molar-refractivity contribution in [2.24, 2.45) is 0 Å². The van der Waals surface area contributed by atoms with Crippen LogP contribution in [0.2, 0.25) is 0 Å². The van der Waals surface area contributed by atoms with Gasteiger partial charge in [0.1, 0.15) is 5.82 Å². The molecule has 3 heterocycles. The molecule has 1 saturated heterocycles. The Hall–Kier alpha value is -3.95. The Morgan fingerprint density at radius 1 is 0.909 bits per heavy atom. The summed E-state index contributed by atoms with van der Waals surface area (Å²) in [6, 6.07) is 12.3. The predicted molar refractivity (Wildman–Crippen MR) is 116 cm³/mol. The third kappa shape index (κ3) is 5.28. The summed E-state index contributed by atoms with van der Waals surface area (Å²) in [5.74, 6) is -0.0759. The van der Waals surface area contributed by atoms with E-state index in [0.717, 1.165) is 12.3 Å². The number of carbonyl (C=O) groups is 2. The highest BCUT2D eigenvalue weighted by molar-refractivity contribution is 6.05. The lowest BCUT2D eigenvalue weighted by atomic mass is 10.1. The number of benzene rings is 1. The predicted octanol–water partition coefficient (Wildman–Crippen LogP) is 3.71. The zero-order chi connectivity index (χ0) is 23.4. The molecule has 2 aromatic heterocycles. The fraction of sp³-hybridized carbons (Fsp3) is 0.217. The van der Waals surface area contributed by atoms with Gasteiger partial charge < -0.3 is 15.1 Å². The summed E-state index contributed by atoms with van der Waals surface area (Å²) >= 11 is 0. The van der Waals surface area contributed by atoms with E-state index in [1.807, 2.05) is 4.90 Å². The molecule has 1 fully saturated rings. The number of hydrogen-bond donors (Lipinski definition) is 1. The second-order valence-corrected chi connectivity index (χ2v) is 7.46. The number of anilines is 2. The van der Waals surface area contributed by atoms with Gasteiger partial charge in [-0.05, 0) is 42.5 Å². The Bertz CT molecular complexity index is 1130. The van der Waals surface area contributed by atoms with E-state index in [4.69, 9.17) is 0 Å². The highest BCUT2D eigenvalue weighted by Crippen LogP contribution is 2.29. The van der Waals surface area contributed by atoms with Crippen LogP contribution < -0.4 is 10.2 Å². The smallest absolute Gasteiger partial charge is 0.353 e. The van der Waals surface area contributed by atoms with Gasteiger partial charge in [0.2, 0.25) is 0 Å². The third-order valence-electron chi connectivity index (χ3n) is 5.26. The Morgan fingerprint density at radius 2 is 1.67 bits per heavy atom. The van der Waals surface area contributed by atoms with Gasteiger partial charge >= 0.3 is 6.18 Å². The lowest BCUT2D eigenvalue weighted by Gasteiger charge is -2.35. The molecule has 33 heavy (non-hydrogen) atoms. The molecule has 4 rings (SSSR count). The van der Waals surface area contributed by atoms with Crippen molar-refractivity contribution in [2.75, 3.05) is 36.4 Å². The zero-order valence-corrected chi connectivity index (χ0v) is 17.4. The van der Waals surface area contributed by atoms with Crippen molar-refractivity contribution in [3.63, 3.8) is 0 Å². The molecule has 0 aliphatic carbocycles. The van der Waals surface area contributed by atoms with Crippen LogP contribution in [0.3, 0.4) is 0 Å². The standard InChI is InChI=1S/C23H20F3N5O2/c24-23(25,26)18-6-7-20(28-15-18)30-9-11-31(12-10-30)22(33)16-3-1-5-19(13-16)29-21(32)17-4-2-8-27-14-17/h1-8,13-15H,9-12H2,(H,29,32). The molecular weight excluding hydrogens is 435 g/mol. The molecule has 0 radical (unpaired) electrons.